The highest BCUT2D eigenvalue weighted by Crippen LogP contribution is 2.34. The molecule has 1 aliphatic rings. The zero-order valence-corrected chi connectivity index (χ0v) is 18.4. The molecule has 0 atom stereocenters. The van der Waals surface area contributed by atoms with Crippen molar-refractivity contribution in [3.8, 4) is 5.75 Å². The molecule has 1 amide bonds. The van der Waals surface area contributed by atoms with Crippen LogP contribution in [0.3, 0.4) is 0 Å². The zero-order chi connectivity index (χ0) is 23.1. The van der Waals surface area contributed by atoms with Crippen LogP contribution in [-0.2, 0) is 14.3 Å². The van der Waals surface area contributed by atoms with Crippen molar-refractivity contribution in [2.45, 2.75) is 13.8 Å². The standard InChI is InChI=1S/C23H22N2O6S/c1-3-25-21(27)19(32-23(25)24-17-9-7-16(8-10-17)22(28)29)13-15-5-11-18(12-6-15)31-14-20(26)30-4-2/h5-13H,3-4,14H2,1-2H3,(H,28,29)/b19-13+,24-23?. The van der Waals surface area contributed by atoms with Crippen LogP contribution >= 0.6 is 11.8 Å². The third kappa shape index (κ3) is 5.76. The molecule has 9 heteroatoms. The normalized spacial score (nSPS) is 15.9. The number of nitrogens with zero attached hydrogens (tertiary/aromatic N) is 2. The van der Waals surface area contributed by atoms with Crippen molar-refractivity contribution in [1.82, 2.24) is 4.90 Å². The van der Waals surface area contributed by atoms with Crippen molar-refractivity contribution in [3.63, 3.8) is 0 Å². The van der Waals surface area contributed by atoms with Gasteiger partial charge in [0.2, 0.25) is 0 Å². The number of ether oxygens (including phenoxy) is 2. The number of likely N-dealkylation sites (N-methyl/N-ethyl adjacent to an activating group) is 1. The molecule has 0 radical (unpaired) electrons. The van der Waals surface area contributed by atoms with Crippen LogP contribution in [0, 0.1) is 0 Å². The van der Waals surface area contributed by atoms with Crippen molar-refractivity contribution in [2.75, 3.05) is 19.8 Å². The molecule has 0 unspecified atom stereocenters. The molecule has 1 aliphatic heterocycles. The first-order valence-corrected chi connectivity index (χ1v) is 10.7. The number of amides is 1. The van der Waals surface area contributed by atoms with Crippen LogP contribution in [-0.4, -0.2) is 52.8 Å². The highest BCUT2D eigenvalue weighted by atomic mass is 32.2. The Morgan fingerprint density at radius 2 is 1.78 bits per heavy atom. The summed E-state index contributed by atoms with van der Waals surface area (Å²) in [7, 11) is 0. The molecule has 0 aromatic heterocycles. The third-order valence-corrected chi connectivity index (χ3v) is 5.39. The summed E-state index contributed by atoms with van der Waals surface area (Å²) in [6.07, 6.45) is 1.76. The minimum Gasteiger partial charge on any atom is -0.482 e. The minimum atomic E-state index is -1.01. The maximum Gasteiger partial charge on any atom is 0.344 e. The first-order valence-electron chi connectivity index (χ1n) is 9.93. The van der Waals surface area contributed by atoms with Gasteiger partial charge in [-0.05, 0) is 73.6 Å². The first-order chi connectivity index (χ1) is 15.4. The number of carbonyl (C=O) groups is 3. The van der Waals surface area contributed by atoms with Gasteiger partial charge in [0.05, 0.1) is 22.8 Å². The van der Waals surface area contributed by atoms with Crippen LogP contribution < -0.4 is 4.74 Å². The summed E-state index contributed by atoms with van der Waals surface area (Å²) >= 11 is 1.25. The largest absolute Gasteiger partial charge is 0.482 e. The number of carbonyl (C=O) groups excluding carboxylic acids is 2. The molecule has 1 heterocycles. The number of rotatable bonds is 8. The van der Waals surface area contributed by atoms with Gasteiger partial charge in [-0.2, -0.15) is 0 Å². The summed E-state index contributed by atoms with van der Waals surface area (Å²) in [6.45, 7) is 4.18. The van der Waals surface area contributed by atoms with E-state index in [9.17, 15) is 14.4 Å². The predicted molar refractivity (Wildman–Crippen MR) is 122 cm³/mol. The van der Waals surface area contributed by atoms with Gasteiger partial charge in [-0.1, -0.05) is 12.1 Å². The Morgan fingerprint density at radius 1 is 1.09 bits per heavy atom. The average molecular weight is 455 g/mol. The summed E-state index contributed by atoms with van der Waals surface area (Å²) in [5, 5.41) is 9.54. The van der Waals surface area contributed by atoms with Gasteiger partial charge < -0.3 is 14.6 Å². The van der Waals surface area contributed by atoms with Crippen LogP contribution in [0.4, 0.5) is 5.69 Å². The fourth-order valence-corrected chi connectivity index (χ4v) is 3.88. The second-order valence-corrected chi connectivity index (χ2v) is 7.58. The van der Waals surface area contributed by atoms with Gasteiger partial charge in [-0.15, -0.1) is 0 Å². The molecule has 8 nitrogen and oxygen atoms in total. The van der Waals surface area contributed by atoms with E-state index in [4.69, 9.17) is 14.6 Å². The van der Waals surface area contributed by atoms with Crippen molar-refractivity contribution in [1.29, 1.82) is 0 Å². The summed E-state index contributed by atoms with van der Waals surface area (Å²) < 4.78 is 10.2. The summed E-state index contributed by atoms with van der Waals surface area (Å²) in [5.74, 6) is -1.07. The van der Waals surface area contributed by atoms with Crippen molar-refractivity contribution in [2.24, 2.45) is 4.99 Å². The molecule has 2 aromatic rings. The van der Waals surface area contributed by atoms with E-state index in [2.05, 4.69) is 4.99 Å². The van der Waals surface area contributed by atoms with Crippen LogP contribution in [0.2, 0.25) is 0 Å². The number of amidine groups is 1. The smallest absolute Gasteiger partial charge is 0.344 e. The number of carboxylic acids is 1. The SMILES string of the molecule is CCOC(=O)COc1ccc(/C=C2/SC(=Nc3ccc(C(=O)O)cc3)N(CC)C2=O)cc1. The Balaban J connectivity index is 1.73. The number of benzene rings is 2. The number of esters is 1. The van der Waals surface area contributed by atoms with Crippen LogP contribution in [0.5, 0.6) is 5.75 Å². The summed E-state index contributed by atoms with van der Waals surface area (Å²) in [4.78, 5) is 41.8. The lowest BCUT2D eigenvalue weighted by molar-refractivity contribution is -0.145. The van der Waals surface area contributed by atoms with Gasteiger partial charge in [0.1, 0.15) is 5.75 Å². The molecular weight excluding hydrogens is 432 g/mol. The molecule has 1 fully saturated rings. The molecule has 1 saturated heterocycles. The van der Waals surface area contributed by atoms with E-state index >= 15 is 0 Å². The predicted octanol–water partition coefficient (Wildman–Crippen LogP) is 3.95. The molecule has 3 rings (SSSR count). The Labute approximate surface area is 189 Å². The number of aliphatic imine (C=N–C) groups is 1. The fraction of sp³-hybridized carbons (Fsp3) is 0.217. The maximum absolute atomic E-state index is 12.8. The topological polar surface area (TPSA) is 106 Å². The second-order valence-electron chi connectivity index (χ2n) is 6.57. The van der Waals surface area contributed by atoms with Gasteiger partial charge in [0, 0.05) is 6.54 Å². The highest BCUT2D eigenvalue weighted by molar-refractivity contribution is 8.18. The van der Waals surface area contributed by atoms with Crippen LogP contribution in [0.15, 0.2) is 58.4 Å². The van der Waals surface area contributed by atoms with E-state index in [1.165, 1.54) is 23.9 Å². The Morgan fingerprint density at radius 3 is 2.38 bits per heavy atom. The third-order valence-electron chi connectivity index (χ3n) is 4.38. The summed E-state index contributed by atoms with van der Waals surface area (Å²) in [5.41, 5.74) is 1.53. The van der Waals surface area contributed by atoms with Gasteiger partial charge in [-0.25, -0.2) is 14.6 Å². The van der Waals surface area contributed by atoms with Gasteiger partial charge >= 0.3 is 11.9 Å². The van der Waals surface area contributed by atoms with E-state index in [-0.39, 0.29) is 18.1 Å². The van der Waals surface area contributed by atoms with E-state index in [0.29, 0.717) is 34.7 Å². The molecule has 0 spiro atoms. The Bertz CT molecular complexity index is 1060. The van der Waals surface area contributed by atoms with Crippen LogP contribution in [0.25, 0.3) is 6.08 Å². The summed E-state index contributed by atoms with van der Waals surface area (Å²) in [6, 6.07) is 13.2. The highest BCUT2D eigenvalue weighted by Gasteiger charge is 2.32. The van der Waals surface area contributed by atoms with E-state index in [1.54, 1.807) is 54.3 Å². The monoisotopic (exact) mass is 454 g/mol. The van der Waals surface area contributed by atoms with E-state index in [0.717, 1.165) is 5.56 Å². The van der Waals surface area contributed by atoms with E-state index in [1.807, 2.05) is 6.92 Å². The lowest BCUT2D eigenvalue weighted by atomic mass is 10.2. The van der Waals surface area contributed by atoms with E-state index < -0.39 is 11.9 Å². The van der Waals surface area contributed by atoms with Crippen molar-refractivity contribution in [3.05, 3.63) is 64.6 Å². The molecule has 2 aromatic carbocycles. The quantitative estimate of drug-likeness (QED) is 0.475. The minimum absolute atomic E-state index is 0.152. The molecule has 166 valence electrons. The lowest BCUT2D eigenvalue weighted by Gasteiger charge is -2.12. The molecule has 1 N–H and O–H groups in total. The number of hydrogen-bond donors (Lipinski definition) is 1. The first kappa shape index (κ1) is 23.1. The lowest BCUT2D eigenvalue weighted by Crippen LogP contribution is -2.28. The molecule has 0 bridgehead atoms. The molecule has 0 saturated carbocycles. The molecular formula is C23H22N2O6S. The van der Waals surface area contributed by atoms with Gasteiger partial charge in [-0.3, -0.25) is 9.69 Å². The Hall–Kier alpha value is -3.59. The van der Waals surface area contributed by atoms with Crippen molar-refractivity contribution >= 4 is 46.5 Å². The zero-order valence-electron chi connectivity index (χ0n) is 17.6. The fourth-order valence-electron chi connectivity index (χ4n) is 2.82. The average Bonchev–Trinajstić information content (AvgIpc) is 3.07. The van der Waals surface area contributed by atoms with Gasteiger partial charge in [0.25, 0.3) is 5.91 Å². The molecule has 32 heavy (non-hydrogen) atoms. The number of aromatic carboxylic acids is 1. The van der Waals surface area contributed by atoms with Crippen LogP contribution in [0.1, 0.15) is 29.8 Å². The van der Waals surface area contributed by atoms with Crippen molar-refractivity contribution < 1.29 is 29.0 Å². The number of hydrogen-bond acceptors (Lipinski definition) is 7. The van der Waals surface area contributed by atoms with Gasteiger partial charge in [0.15, 0.2) is 11.8 Å². The number of carboxylic acid groups (broad SMARTS) is 1. The Kier molecular flexibility index (Phi) is 7.67. The maximum atomic E-state index is 12.8. The number of thioether (sulfide) groups is 1. The molecule has 0 aliphatic carbocycles. The second kappa shape index (κ2) is 10.6.